The monoisotopic (exact) mass is 381 g/mol. The van der Waals surface area contributed by atoms with Gasteiger partial charge in [-0.25, -0.2) is 0 Å². The lowest BCUT2D eigenvalue weighted by Crippen LogP contribution is -2.12. The van der Waals surface area contributed by atoms with Gasteiger partial charge in [0.05, 0.1) is 13.2 Å². The summed E-state index contributed by atoms with van der Waals surface area (Å²) in [4.78, 5) is 16.5. The second-order valence-corrected chi connectivity index (χ2v) is 6.48. The molecular weight excluding hydrogens is 358 g/mol. The van der Waals surface area contributed by atoms with Crippen molar-refractivity contribution in [2.45, 2.75) is 32.8 Å². The van der Waals surface area contributed by atoms with Crippen molar-refractivity contribution in [1.29, 1.82) is 0 Å². The van der Waals surface area contributed by atoms with Crippen LogP contribution < -0.4 is 14.8 Å². The maximum atomic E-state index is 12.2. The largest absolute Gasteiger partial charge is 0.497 e. The molecule has 2 aromatic carbocycles. The Morgan fingerprint density at radius 2 is 1.93 bits per heavy atom. The molecule has 0 aliphatic heterocycles. The topological polar surface area (TPSA) is 86.5 Å². The van der Waals surface area contributed by atoms with Gasteiger partial charge in [-0.2, -0.15) is 4.98 Å². The first kappa shape index (κ1) is 19.4. The van der Waals surface area contributed by atoms with Crippen LogP contribution in [-0.4, -0.2) is 29.3 Å². The van der Waals surface area contributed by atoms with Crippen molar-refractivity contribution in [2.24, 2.45) is 0 Å². The molecule has 0 aliphatic carbocycles. The number of aryl methyl sites for hydroxylation is 1. The highest BCUT2D eigenvalue weighted by Gasteiger charge is 2.11. The number of nitrogens with zero attached hydrogens (tertiary/aromatic N) is 2. The molecule has 0 bridgehead atoms. The number of carbonyl (C=O) groups is 1. The number of ether oxygens (including phenoxy) is 2. The molecule has 0 saturated heterocycles. The van der Waals surface area contributed by atoms with E-state index < -0.39 is 0 Å². The molecule has 0 atom stereocenters. The number of aromatic nitrogens is 2. The molecular formula is C21H23N3O4. The zero-order valence-corrected chi connectivity index (χ0v) is 16.1. The summed E-state index contributed by atoms with van der Waals surface area (Å²) in [6, 6.07) is 14.7. The van der Waals surface area contributed by atoms with E-state index in [0.717, 1.165) is 11.3 Å². The van der Waals surface area contributed by atoms with E-state index in [-0.39, 0.29) is 18.4 Å². The summed E-state index contributed by atoms with van der Waals surface area (Å²) in [5, 5.41) is 6.82. The van der Waals surface area contributed by atoms with E-state index in [0.29, 0.717) is 29.6 Å². The van der Waals surface area contributed by atoms with Crippen LogP contribution in [0, 0.1) is 0 Å². The molecule has 1 heterocycles. The number of nitrogens with one attached hydrogen (secondary N) is 1. The third-order valence-corrected chi connectivity index (χ3v) is 3.87. The maximum Gasteiger partial charge on any atom is 0.227 e. The van der Waals surface area contributed by atoms with E-state index in [1.54, 1.807) is 7.11 Å². The van der Waals surface area contributed by atoms with Crippen molar-refractivity contribution in [3.63, 3.8) is 0 Å². The van der Waals surface area contributed by atoms with Crippen LogP contribution >= 0.6 is 0 Å². The summed E-state index contributed by atoms with van der Waals surface area (Å²) in [6.45, 7) is 3.93. The molecule has 1 amide bonds. The molecule has 7 nitrogen and oxygen atoms in total. The Kier molecular flexibility index (Phi) is 6.26. The third kappa shape index (κ3) is 5.33. The van der Waals surface area contributed by atoms with Crippen LogP contribution in [0.4, 0.5) is 5.69 Å². The first-order valence-electron chi connectivity index (χ1n) is 9.07. The zero-order chi connectivity index (χ0) is 19.9. The van der Waals surface area contributed by atoms with Gasteiger partial charge in [0, 0.05) is 24.1 Å². The summed E-state index contributed by atoms with van der Waals surface area (Å²) in [5.41, 5.74) is 1.51. The molecule has 0 saturated carbocycles. The standard InChI is InChI=1S/C21H23N3O4/c1-14(2)27-17-9-7-16(8-10-17)22-19(25)11-12-20-23-21(24-28-20)15-5-4-6-18(13-15)26-3/h4-10,13-14H,11-12H2,1-3H3,(H,22,25). The first-order valence-corrected chi connectivity index (χ1v) is 9.07. The number of methoxy groups -OCH3 is 1. The van der Waals surface area contributed by atoms with Crippen LogP contribution in [0.2, 0.25) is 0 Å². The summed E-state index contributed by atoms with van der Waals surface area (Å²) in [6.07, 6.45) is 0.707. The molecule has 0 aliphatic rings. The third-order valence-electron chi connectivity index (χ3n) is 3.87. The SMILES string of the molecule is COc1cccc(-c2noc(CCC(=O)Nc3ccc(OC(C)C)cc3)n2)c1. The Morgan fingerprint density at radius 3 is 2.64 bits per heavy atom. The number of amides is 1. The van der Waals surface area contributed by atoms with Gasteiger partial charge in [-0.15, -0.1) is 0 Å². The van der Waals surface area contributed by atoms with Gasteiger partial charge in [-0.3, -0.25) is 4.79 Å². The van der Waals surface area contributed by atoms with Crippen molar-refractivity contribution in [2.75, 3.05) is 12.4 Å². The van der Waals surface area contributed by atoms with Gasteiger partial charge in [-0.05, 0) is 50.2 Å². The lowest BCUT2D eigenvalue weighted by atomic mass is 10.2. The molecule has 1 aromatic heterocycles. The second-order valence-electron chi connectivity index (χ2n) is 6.48. The molecule has 7 heteroatoms. The van der Waals surface area contributed by atoms with E-state index in [4.69, 9.17) is 14.0 Å². The van der Waals surface area contributed by atoms with Gasteiger partial charge in [0.2, 0.25) is 17.6 Å². The summed E-state index contributed by atoms with van der Waals surface area (Å²) < 4.78 is 16.0. The molecule has 28 heavy (non-hydrogen) atoms. The van der Waals surface area contributed by atoms with Gasteiger partial charge in [-0.1, -0.05) is 17.3 Å². The number of anilines is 1. The smallest absolute Gasteiger partial charge is 0.227 e. The minimum Gasteiger partial charge on any atom is -0.497 e. The Bertz CT molecular complexity index is 919. The molecule has 0 spiro atoms. The summed E-state index contributed by atoms with van der Waals surface area (Å²) in [7, 11) is 1.60. The minimum atomic E-state index is -0.126. The Labute approximate surface area is 163 Å². The molecule has 146 valence electrons. The average molecular weight is 381 g/mol. The van der Waals surface area contributed by atoms with Gasteiger partial charge in [0.15, 0.2) is 0 Å². The lowest BCUT2D eigenvalue weighted by Gasteiger charge is -2.10. The highest BCUT2D eigenvalue weighted by molar-refractivity contribution is 5.90. The Morgan fingerprint density at radius 1 is 1.14 bits per heavy atom. The fourth-order valence-corrected chi connectivity index (χ4v) is 2.57. The van der Waals surface area contributed by atoms with Crippen molar-refractivity contribution in [3.05, 3.63) is 54.4 Å². The van der Waals surface area contributed by atoms with Crippen LogP contribution in [0.3, 0.4) is 0 Å². The van der Waals surface area contributed by atoms with Crippen LogP contribution in [0.1, 0.15) is 26.2 Å². The van der Waals surface area contributed by atoms with Crippen LogP contribution in [0.25, 0.3) is 11.4 Å². The van der Waals surface area contributed by atoms with Gasteiger partial charge in [0.1, 0.15) is 11.5 Å². The summed E-state index contributed by atoms with van der Waals surface area (Å²) in [5.74, 6) is 2.24. The van der Waals surface area contributed by atoms with E-state index in [1.165, 1.54) is 0 Å². The number of rotatable bonds is 8. The van der Waals surface area contributed by atoms with Crippen LogP contribution in [0.5, 0.6) is 11.5 Å². The maximum absolute atomic E-state index is 12.2. The highest BCUT2D eigenvalue weighted by atomic mass is 16.5. The number of carbonyl (C=O) groups excluding carboxylic acids is 1. The van der Waals surface area contributed by atoms with Crippen molar-refractivity contribution < 1.29 is 18.8 Å². The molecule has 3 rings (SSSR count). The van der Waals surface area contributed by atoms with Crippen LogP contribution in [0.15, 0.2) is 53.1 Å². The molecule has 0 fully saturated rings. The molecule has 3 aromatic rings. The van der Waals surface area contributed by atoms with Crippen LogP contribution in [-0.2, 0) is 11.2 Å². The van der Waals surface area contributed by atoms with Crippen molar-refractivity contribution >= 4 is 11.6 Å². The number of hydrogen-bond acceptors (Lipinski definition) is 6. The predicted octanol–water partition coefficient (Wildman–Crippen LogP) is 4.10. The lowest BCUT2D eigenvalue weighted by molar-refractivity contribution is -0.116. The molecule has 0 unspecified atom stereocenters. The highest BCUT2D eigenvalue weighted by Crippen LogP contribution is 2.21. The van der Waals surface area contributed by atoms with Gasteiger partial charge < -0.3 is 19.3 Å². The van der Waals surface area contributed by atoms with Crippen molar-refractivity contribution in [1.82, 2.24) is 10.1 Å². The fraction of sp³-hybridized carbons (Fsp3) is 0.286. The van der Waals surface area contributed by atoms with E-state index in [9.17, 15) is 4.79 Å². The zero-order valence-electron chi connectivity index (χ0n) is 16.1. The van der Waals surface area contributed by atoms with Crippen molar-refractivity contribution in [3.8, 4) is 22.9 Å². The number of hydrogen-bond donors (Lipinski definition) is 1. The quantitative estimate of drug-likeness (QED) is 0.632. The van der Waals surface area contributed by atoms with E-state index >= 15 is 0 Å². The van der Waals surface area contributed by atoms with E-state index in [2.05, 4.69) is 15.5 Å². The first-order chi connectivity index (χ1) is 13.5. The molecule has 0 radical (unpaired) electrons. The normalized spacial score (nSPS) is 10.7. The predicted molar refractivity (Wildman–Crippen MR) is 105 cm³/mol. The Hall–Kier alpha value is -3.35. The fourth-order valence-electron chi connectivity index (χ4n) is 2.57. The van der Waals surface area contributed by atoms with Gasteiger partial charge in [0.25, 0.3) is 0 Å². The molecule has 1 N–H and O–H groups in total. The average Bonchev–Trinajstić information content (AvgIpc) is 3.17. The second kappa shape index (κ2) is 9.03. The van der Waals surface area contributed by atoms with E-state index in [1.807, 2.05) is 62.4 Å². The minimum absolute atomic E-state index is 0.108. The summed E-state index contributed by atoms with van der Waals surface area (Å²) >= 11 is 0. The Balaban J connectivity index is 1.53. The number of benzene rings is 2. The van der Waals surface area contributed by atoms with Gasteiger partial charge >= 0.3 is 0 Å².